The quantitative estimate of drug-likeness (QED) is 0.901. The van der Waals surface area contributed by atoms with Gasteiger partial charge in [0.1, 0.15) is 5.82 Å². The molecule has 2 aliphatic carbocycles. The molecular weight excluding hydrogens is 291 g/mol. The number of aryl methyl sites for hydroxylation is 1. The molecule has 21 heavy (non-hydrogen) atoms. The van der Waals surface area contributed by atoms with Crippen LogP contribution in [0.15, 0.2) is 18.2 Å². The van der Waals surface area contributed by atoms with Crippen LogP contribution >= 0.6 is 12.4 Å². The van der Waals surface area contributed by atoms with E-state index in [1.54, 1.807) is 12.1 Å². The summed E-state index contributed by atoms with van der Waals surface area (Å²) in [5.74, 6) is 0.309. The van der Waals surface area contributed by atoms with Crippen molar-refractivity contribution in [3.05, 3.63) is 35.1 Å². The fraction of sp³-hybridized carbons (Fsp3) is 0.562. The van der Waals surface area contributed by atoms with E-state index in [9.17, 15) is 9.18 Å². The predicted molar refractivity (Wildman–Crippen MR) is 82.7 cm³/mol. The number of nitrogens with two attached hydrogens (primary N) is 1. The van der Waals surface area contributed by atoms with Crippen LogP contribution in [0.1, 0.15) is 42.9 Å². The monoisotopic (exact) mass is 312 g/mol. The molecule has 0 heterocycles. The summed E-state index contributed by atoms with van der Waals surface area (Å²) in [6, 6.07) is 4.90. The summed E-state index contributed by atoms with van der Waals surface area (Å²) >= 11 is 0. The summed E-state index contributed by atoms with van der Waals surface area (Å²) in [4.78, 5) is 12.4. The van der Waals surface area contributed by atoms with E-state index in [1.807, 2.05) is 0 Å². The van der Waals surface area contributed by atoms with Crippen LogP contribution in [0.4, 0.5) is 4.39 Å². The molecule has 0 radical (unpaired) electrons. The van der Waals surface area contributed by atoms with E-state index < -0.39 is 0 Å². The van der Waals surface area contributed by atoms with Gasteiger partial charge in [-0.15, -0.1) is 12.4 Å². The van der Waals surface area contributed by atoms with E-state index in [0.717, 1.165) is 43.2 Å². The number of halogens is 2. The Balaban J connectivity index is 0.00000161. The van der Waals surface area contributed by atoms with Crippen LogP contribution in [0.2, 0.25) is 0 Å². The molecule has 116 valence electrons. The van der Waals surface area contributed by atoms with Crippen LogP contribution in [0, 0.1) is 17.7 Å². The molecule has 3 N–H and O–H groups in total. The van der Waals surface area contributed by atoms with Crippen LogP contribution in [0.3, 0.4) is 0 Å². The smallest absolute Gasteiger partial charge is 0.223 e. The SMILES string of the molecule is Cl.NC[C@H]1CCC[C@H]1C(=O)NC1CCc2cc(F)ccc21. The minimum Gasteiger partial charge on any atom is -0.349 e. The minimum absolute atomic E-state index is 0. The largest absolute Gasteiger partial charge is 0.349 e. The molecule has 3 nitrogen and oxygen atoms in total. The molecule has 1 fully saturated rings. The lowest BCUT2D eigenvalue weighted by Crippen LogP contribution is -2.36. The summed E-state index contributed by atoms with van der Waals surface area (Å²) in [5.41, 5.74) is 7.84. The number of hydrogen-bond donors (Lipinski definition) is 2. The van der Waals surface area contributed by atoms with E-state index in [-0.39, 0.29) is 36.1 Å². The maximum absolute atomic E-state index is 13.2. The van der Waals surface area contributed by atoms with E-state index in [4.69, 9.17) is 5.73 Å². The Labute approximate surface area is 130 Å². The highest BCUT2D eigenvalue weighted by molar-refractivity contribution is 5.85. The number of carbonyl (C=O) groups excluding carboxylic acids is 1. The third kappa shape index (κ3) is 3.22. The zero-order valence-corrected chi connectivity index (χ0v) is 12.8. The lowest BCUT2D eigenvalue weighted by atomic mass is 9.94. The van der Waals surface area contributed by atoms with Crippen molar-refractivity contribution in [3.8, 4) is 0 Å². The molecule has 5 heteroatoms. The molecule has 2 aliphatic rings. The highest BCUT2D eigenvalue weighted by atomic mass is 35.5. The Morgan fingerprint density at radius 2 is 2.14 bits per heavy atom. The van der Waals surface area contributed by atoms with E-state index in [1.165, 1.54) is 6.07 Å². The molecule has 0 saturated heterocycles. The Morgan fingerprint density at radius 1 is 1.33 bits per heavy atom. The molecule has 0 bridgehead atoms. The second-order valence-corrected chi connectivity index (χ2v) is 5.98. The lowest BCUT2D eigenvalue weighted by Gasteiger charge is -2.21. The van der Waals surface area contributed by atoms with Crippen LogP contribution < -0.4 is 11.1 Å². The Bertz CT molecular complexity index is 523. The number of benzene rings is 1. The Morgan fingerprint density at radius 3 is 2.90 bits per heavy atom. The van der Waals surface area contributed by atoms with Crippen molar-refractivity contribution in [2.24, 2.45) is 17.6 Å². The first kappa shape index (κ1) is 16.2. The van der Waals surface area contributed by atoms with E-state index in [0.29, 0.717) is 12.5 Å². The van der Waals surface area contributed by atoms with Gasteiger partial charge in [0, 0.05) is 5.92 Å². The van der Waals surface area contributed by atoms with Crippen LogP contribution in [0.25, 0.3) is 0 Å². The van der Waals surface area contributed by atoms with Gasteiger partial charge in [-0.05, 0) is 61.4 Å². The number of amides is 1. The minimum atomic E-state index is -0.199. The number of fused-ring (bicyclic) bond motifs is 1. The molecular formula is C16H22ClFN2O. The molecule has 0 aliphatic heterocycles. The number of nitrogens with one attached hydrogen (secondary N) is 1. The Hall–Kier alpha value is -1.13. The van der Waals surface area contributed by atoms with Crippen LogP contribution in [-0.4, -0.2) is 12.5 Å². The zero-order valence-electron chi connectivity index (χ0n) is 12.0. The van der Waals surface area contributed by atoms with Crippen LogP contribution in [-0.2, 0) is 11.2 Å². The van der Waals surface area contributed by atoms with Crippen molar-refractivity contribution in [1.29, 1.82) is 0 Å². The summed E-state index contributed by atoms with van der Waals surface area (Å²) in [7, 11) is 0. The van der Waals surface area contributed by atoms with E-state index in [2.05, 4.69) is 5.32 Å². The average Bonchev–Trinajstić information content (AvgIpc) is 3.05. The molecule has 1 aromatic carbocycles. The van der Waals surface area contributed by atoms with Gasteiger partial charge in [-0.25, -0.2) is 4.39 Å². The Kier molecular flexibility index (Phi) is 5.22. The fourth-order valence-electron chi connectivity index (χ4n) is 3.68. The molecule has 0 aromatic heterocycles. The molecule has 3 atom stereocenters. The van der Waals surface area contributed by atoms with Gasteiger partial charge < -0.3 is 11.1 Å². The molecule has 3 rings (SSSR count). The van der Waals surface area contributed by atoms with Crippen LogP contribution in [0.5, 0.6) is 0 Å². The topological polar surface area (TPSA) is 55.1 Å². The van der Waals surface area contributed by atoms with E-state index >= 15 is 0 Å². The van der Waals surface area contributed by atoms with Crippen molar-refractivity contribution < 1.29 is 9.18 Å². The fourth-order valence-corrected chi connectivity index (χ4v) is 3.68. The van der Waals surface area contributed by atoms with Crippen molar-refractivity contribution in [2.45, 2.75) is 38.1 Å². The average molecular weight is 313 g/mol. The predicted octanol–water partition coefficient (Wildman–Crippen LogP) is 2.73. The second-order valence-electron chi connectivity index (χ2n) is 5.98. The summed E-state index contributed by atoms with van der Waals surface area (Å²) in [6.45, 7) is 0.588. The first-order valence-electron chi connectivity index (χ1n) is 7.48. The van der Waals surface area contributed by atoms with Crippen molar-refractivity contribution in [3.63, 3.8) is 0 Å². The van der Waals surface area contributed by atoms with Gasteiger partial charge in [0.15, 0.2) is 0 Å². The standard InChI is InChI=1S/C16H21FN2O.ClH/c17-12-5-6-13-10(8-12)4-7-15(13)19-16(20)14-3-1-2-11(14)9-18;/h5-6,8,11,14-15H,1-4,7,9,18H2,(H,19,20);1H/t11-,14-,15?;/m1./s1. The lowest BCUT2D eigenvalue weighted by molar-refractivity contribution is -0.126. The van der Waals surface area contributed by atoms with Gasteiger partial charge >= 0.3 is 0 Å². The summed E-state index contributed by atoms with van der Waals surface area (Å²) in [6.07, 6.45) is 4.79. The summed E-state index contributed by atoms with van der Waals surface area (Å²) < 4.78 is 13.2. The van der Waals surface area contributed by atoms with Gasteiger partial charge in [0.25, 0.3) is 0 Å². The highest BCUT2D eigenvalue weighted by Gasteiger charge is 2.34. The van der Waals surface area contributed by atoms with Gasteiger partial charge in [-0.2, -0.15) is 0 Å². The summed E-state index contributed by atoms with van der Waals surface area (Å²) in [5, 5.41) is 3.14. The van der Waals surface area contributed by atoms with Crippen molar-refractivity contribution in [2.75, 3.05) is 6.54 Å². The highest BCUT2D eigenvalue weighted by Crippen LogP contribution is 2.34. The van der Waals surface area contributed by atoms with Gasteiger partial charge in [0.05, 0.1) is 6.04 Å². The molecule has 1 unspecified atom stereocenters. The second kappa shape index (κ2) is 6.75. The number of rotatable bonds is 3. The molecule has 1 amide bonds. The first-order valence-corrected chi connectivity index (χ1v) is 7.48. The van der Waals surface area contributed by atoms with Crippen molar-refractivity contribution >= 4 is 18.3 Å². The third-order valence-corrected chi connectivity index (χ3v) is 4.80. The molecule has 0 spiro atoms. The zero-order chi connectivity index (χ0) is 14.1. The molecule has 1 saturated carbocycles. The van der Waals surface area contributed by atoms with Gasteiger partial charge in [0.2, 0.25) is 5.91 Å². The number of hydrogen-bond acceptors (Lipinski definition) is 2. The maximum atomic E-state index is 13.2. The molecule has 1 aromatic rings. The van der Waals surface area contributed by atoms with Gasteiger partial charge in [-0.3, -0.25) is 4.79 Å². The maximum Gasteiger partial charge on any atom is 0.223 e. The van der Waals surface area contributed by atoms with Gasteiger partial charge in [-0.1, -0.05) is 12.5 Å². The first-order chi connectivity index (χ1) is 9.69. The normalized spacial score (nSPS) is 27.0. The third-order valence-electron chi connectivity index (χ3n) is 4.80. The number of carbonyl (C=O) groups is 1. The van der Waals surface area contributed by atoms with Crippen molar-refractivity contribution in [1.82, 2.24) is 5.32 Å².